The van der Waals surface area contributed by atoms with Gasteiger partial charge in [0.2, 0.25) is 0 Å². The van der Waals surface area contributed by atoms with E-state index in [-0.39, 0.29) is 24.9 Å². The van der Waals surface area contributed by atoms with E-state index in [1.165, 1.54) is 9.80 Å². The Hall–Kier alpha value is -2.20. The molecule has 2 atom stereocenters. The van der Waals surface area contributed by atoms with Gasteiger partial charge in [-0.15, -0.1) is 0 Å². The van der Waals surface area contributed by atoms with Gasteiger partial charge in [0, 0.05) is 13.1 Å². The molecule has 0 aromatic carbocycles. The fourth-order valence-electron chi connectivity index (χ4n) is 2.96. The van der Waals surface area contributed by atoms with Gasteiger partial charge in [0.25, 0.3) is 0 Å². The number of hydrogen-bond donors (Lipinski definition) is 4. The zero-order valence-electron chi connectivity index (χ0n) is 15.5. The molecule has 0 amide bonds. The third-order valence-corrected chi connectivity index (χ3v) is 3.91. The van der Waals surface area contributed by atoms with Crippen molar-refractivity contribution in [3.05, 3.63) is 0 Å². The summed E-state index contributed by atoms with van der Waals surface area (Å²) < 4.78 is 0. The van der Waals surface area contributed by atoms with Crippen molar-refractivity contribution < 1.29 is 39.6 Å². The van der Waals surface area contributed by atoms with Crippen molar-refractivity contribution in [2.45, 2.75) is 39.8 Å². The van der Waals surface area contributed by atoms with Crippen LogP contribution in [0, 0.1) is 11.8 Å². The molecule has 0 spiro atoms. The van der Waals surface area contributed by atoms with Crippen molar-refractivity contribution >= 4 is 23.9 Å². The molecule has 0 bridgehead atoms. The molecule has 0 aromatic rings. The first-order chi connectivity index (χ1) is 11.9. The predicted octanol–water partition coefficient (Wildman–Crippen LogP) is -0.0220. The highest BCUT2D eigenvalue weighted by atomic mass is 16.4. The number of nitrogens with zero attached hydrogens (tertiary/aromatic N) is 2. The van der Waals surface area contributed by atoms with E-state index < -0.39 is 49.1 Å². The molecule has 0 aliphatic heterocycles. The zero-order chi connectivity index (χ0) is 20.6. The van der Waals surface area contributed by atoms with E-state index in [0.717, 1.165) is 0 Å². The SMILES string of the molecule is CC(C)C(C(=O)O)N(CCN(CC(=O)O)C(C(=O)O)C(C)C)CC(=O)O. The molecule has 0 heterocycles. The van der Waals surface area contributed by atoms with Gasteiger partial charge in [-0.3, -0.25) is 29.0 Å². The predicted molar refractivity (Wildman–Crippen MR) is 90.9 cm³/mol. The lowest BCUT2D eigenvalue weighted by atomic mass is 10.0. The van der Waals surface area contributed by atoms with Crippen LogP contribution >= 0.6 is 0 Å². The topological polar surface area (TPSA) is 156 Å². The largest absolute Gasteiger partial charge is 0.480 e. The second kappa shape index (κ2) is 10.7. The van der Waals surface area contributed by atoms with Crippen molar-refractivity contribution in [3.63, 3.8) is 0 Å². The number of carboxylic acid groups (broad SMARTS) is 4. The van der Waals surface area contributed by atoms with Gasteiger partial charge < -0.3 is 20.4 Å². The minimum atomic E-state index is -1.22. The second-order valence-corrected chi connectivity index (χ2v) is 6.78. The van der Waals surface area contributed by atoms with E-state index in [1.807, 2.05) is 0 Å². The van der Waals surface area contributed by atoms with E-state index in [9.17, 15) is 29.4 Å². The molecule has 0 aromatic heterocycles. The molecule has 0 aliphatic rings. The molecule has 4 N–H and O–H groups in total. The van der Waals surface area contributed by atoms with Crippen LogP contribution in [0.4, 0.5) is 0 Å². The molecule has 26 heavy (non-hydrogen) atoms. The van der Waals surface area contributed by atoms with Gasteiger partial charge in [-0.1, -0.05) is 27.7 Å². The van der Waals surface area contributed by atoms with Crippen molar-refractivity contribution in [1.29, 1.82) is 0 Å². The second-order valence-electron chi connectivity index (χ2n) is 6.78. The number of hydrogen-bond acceptors (Lipinski definition) is 6. The van der Waals surface area contributed by atoms with E-state index in [1.54, 1.807) is 27.7 Å². The van der Waals surface area contributed by atoms with Crippen molar-refractivity contribution in [3.8, 4) is 0 Å². The van der Waals surface area contributed by atoms with Crippen LogP contribution in [0.2, 0.25) is 0 Å². The Labute approximate surface area is 152 Å². The third-order valence-electron chi connectivity index (χ3n) is 3.91. The maximum atomic E-state index is 11.5. The summed E-state index contributed by atoms with van der Waals surface area (Å²) in [4.78, 5) is 47.6. The van der Waals surface area contributed by atoms with Crippen LogP contribution in [0.3, 0.4) is 0 Å². The van der Waals surface area contributed by atoms with Crippen LogP contribution in [0.1, 0.15) is 27.7 Å². The van der Waals surface area contributed by atoms with Crippen LogP contribution in [0.15, 0.2) is 0 Å². The monoisotopic (exact) mass is 376 g/mol. The molecule has 0 radical (unpaired) electrons. The van der Waals surface area contributed by atoms with E-state index in [4.69, 9.17) is 10.2 Å². The highest BCUT2D eigenvalue weighted by molar-refractivity contribution is 5.76. The first-order valence-electron chi connectivity index (χ1n) is 8.25. The first-order valence-corrected chi connectivity index (χ1v) is 8.25. The van der Waals surface area contributed by atoms with Gasteiger partial charge in [0.15, 0.2) is 0 Å². The summed E-state index contributed by atoms with van der Waals surface area (Å²) in [6.45, 7) is 5.27. The van der Waals surface area contributed by atoms with Crippen molar-refractivity contribution in [2.24, 2.45) is 11.8 Å². The molecule has 150 valence electrons. The Kier molecular flexibility index (Phi) is 9.81. The van der Waals surface area contributed by atoms with Crippen LogP contribution in [-0.4, -0.2) is 92.4 Å². The Balaban J connectivity index is 5.49. The van der Waals surface area contributed by atoms with Gasteiger partial charge in [-0.2, -0.15) is 0 Å². The van der Waals surface area contributed by atoms with Crippen LogP contribution in [0.25, 0.3) is 0 Å². The molecular formula is C16H28N2O8. The molecule has 10 heteroatoms. The number of rotatable bonds is 13. The molecule has 0 saturated heterocycles. The zero-order valence-corrected chi connectivity index (χ0v) is 15.5. The van der Waals surface area contributed by atoms with Crippen LogP contribution in [0.5, 0.6) is 0 Å². The molecule has 0 aliphatic carbocycles. The molecule has 10 nitrogen and oxygen atoms in total. The average Bonchev–Trinajstić information content (AvgIpc) is 2.41. The smallest absolute Gasteiger partial charge is 0.321 e. The first kappa shape index (κ1) is 23.8. The normalized spacial score (nSPS) is 14.0. The van der Waals surface area contributed by atoms with Gasteiger partial charge in [-0.25, -0.2) is 0 Å². The molecular weight excluding hydrogens is 348 g/mol. The van der Waals surface area contributed by atoms with Gasteiger partial charge >= 0.3 is 23.9 Å². The highest BCUT2D eigenvalue weighted by Gasteiger charge is 2.33. The van der Waals surface area contributed by atoms with Crippen molar-refractivity contribution in [1.82, 2.24) is 9.80 Å². The summed E-state index contributed by atoms with van der Waals surface area (Å²) >= 11 is 0. The number of carboxylic acids is 4. The van der Waals surface area contributed by atoms with Crippen LogP contribution < -0.4 is 0 Å². The number of carbonyl (C=O) groups is 4. The lowest BCUT2D eigenvalue weighted by Crippen LogP contribution is -2.53. The lowest BCUT2D eigenvalue weighted by molar-refractivity contribution is -0.152. The lowest BCUT2D eigenvalue weighted by Gasteiger charge is -2.34. The molecule has 2 unspecified atom stereocenters. The third kappa shape index (κ3) is 7.79. The van der Waals surface area contributed by atoms with E-state index in [0.29, 0.717) is 0 Å². The standard InChI is InChI=1S/C16H28N2O8/c1-9(2)13(15(23)24)17(7-11(19)20)5-6-18(8-12(21)22)14(10(3)4)16(25)26/h9-10,13-14H,5-8H2,1-4H3,(H,19,20)(H,21,22)(H,23,24)(H,25,26). The highest BCUT2D eigenvalue weighted by Crippen LogP contribution is 2.15. The van der Waals surface area contributed by atoms with Gasteiger partial charge in [-0.05, 0) is 11.8 Å². The summed E-state index contributed by atoms with van der Waals surface area (Å²) in [5.41, 5.74) is 0. The van der Waals surface area contributed by atoms with E-state index >= 15 is 0 Å². The summed E-state index contributed by atoms with van der Waals surface area (Å²) in [7, 11) is 0. The Bertz CT molecular complexity index is 474. The minimum absolute atomic E-state index is 0.0920. The Morgan fingerprint density at radius 3 is 1.08 bits per heavy atom. The fraction of sp³-hybridized carbons (Fsp3) is 0.750. The Morgan fingerprint density at radius 1 is 0.654 bits per heavy atom. The molecule has 0 saturated carbocycles. The number of aliphatic carboxylic acids is 4. The fourth-order valence-corrected chi connectivity index (χ4v) is 2.96. The Morgan fingerprint density at radius 2 is 0.923 bits per heavy atom. The van der Waals surface area contributed by atoms with Gasteiger partial charge in [0.1, 0.15) is 12.1 Å². The van der Waals surface area contributed by atoms with Gasteiger partial charge in [0.05, 0.1) is 13.1 Å². The maximum absolute atomic E-state index is 11.5. The molecule has 0 rings (SSSR count). The summed E-state index contributed by atoms with van der Waals surface area (Å²) in [5, 5.41) is 36.9. The maximum Gasteiger partial charge on any atom is 0.321 e. The summed E-state index contributed by atoms with van der Waals surface area (Å²) in [5.74, 6) is -5.60. The quantitative estimate of drug-likeness (QED) is 0.344. The van der Waals surface area contributed by atoms with Crippen LogP contribution in [-0.2, 0) is 19.2 Å². The summed E-state index contributed by atoms with van der Waals surface area (Å²) in [6, 6.07) is -2.17. The summed E-state index contributed by atoms with van der Waals surface area (Å²) in [6.07, 6.45) is 0. The molecule has 0 fully saturated rings. The minimum Gasteiger partial charge on any atom is -0.480 e. The van der Waals surface area contributed by atoms with Crippen molar-refractivity contribution in [2.75, 3.05) is 26.2 Å². The average molecular weight is 376 g/mol. The van der Waals surface area contributed by atoms with E-state index in [2.05, 4.69) is 0 Å².